The van der Waals surface area contributed by atoms with Crippen LogP contribution in [0.4, 0.5) is 5.82 Å². The summed E-state index contributed by atoms with van der Waals surface area (Å²) in [7, 11) is 1.66. The number of fused-ring (bicyclic) bond motifs is 1. The first-order valence-electron chi connectivity index (χ1n) is 9.43. The molecule has 4 atom stereocenters. The van der Waals surface area contributed by atoms with Crippen LogP contribution in [0.15, 0.2) is 12.7 Å². The zero-order valence-electron chi connectivity index (χ0n) is 17.7. The topological polar surface area (TPSA) is 107 Å². The second-order valence-corrected chi connectivity index (χ2v) is 8.97. The number of hydrogen-bond acceptors (Lipinski definition) is 8. The van der Waals surface area contributed by atoms with E-state index < -0.39 is 11.8 Å². The van der Waals surface area contributed by atoms with Crippen molar-refractivity contribution in [1.29, 1.82) is 0 Å². The van der Waals surface area contributed by atoms with Crippen molar-refractivity contribution < 1.29 is 18.9 Å². The number of aromatic nitrogens is 4. The predicted molar refractivity (Wildman–Crippen MR) is 105 cm³/mol. The Balaban J connectivity index is 1.97. The molecular weight excluding hydrogens is 362 g/mol. The van der Waals surface area contributed by atoms with Crippen LogP contribution in [0.3, 0.4) is 0 Å². The molecule has 0 radical (unpaired) electrons. The first-order valence-corrected chi connectivity index (χ1v) is 9.43. The third-order valence-corrected chi connectivity index (χ3v) is 4.39. The standard InChI is InChI=1S/C19H31N5O4/c1-18(2,3)26-8-11-13(25-7)14(28-19(4,5)6)17(27-11)24-10-23-12-15(20)21-9-22-16(12)24/h9-11,13-14,17H,8H2,1-7H3,(H2,20,21,22)/t11-,13?,14+,17-/m1/s1. The van der Waals surface area contributed by atoms with Crippen LogP contribution in [0.5, 0.6) is 0 Å². The molecule has 0 saturated carbocycles. The molecule has 0 amide bonds. The summed E-state index contributed by atoms with van der Waals surface area (Å²) in [6, 6.07) is 0. The van der Waals surface area contributed by atoms with Gasteiger partial charge in [-0.05, 0) is 41.5 Å². The Bertz CT molecular complexity index is 811. The van der Waals surface area contributed by atoms with E-state index in [-0.39, 0.29) is 23.9 Å². The zero-order chi connectivity index (χ0) is 20.7. The molecule has 156 valence electrons. The molecule has 1 aliphatic rings. The van der Waals surface area contributed by atoms with Crippen LogP contribution < -0.4 is 5.73 Å². The lowest BCUT2D eigenvalue weighted by atomic mass is 10.1. The monoisotopic (exact) mass is 393 g/mol. The van der Waals surface area contributed by atoms with Crippen LogP contribution in [0, 0.1) is 0 Å². The first-order chi connectivity index (χ1) is 13.0. The third-order valence-electron chi connectivity index (χ3n) is 4.39. The summed E-state index contributed by atoms with van der Waals surface area (Å²) < 4.78 is 26.3. The van der Waals surface area contributed by atoms with Crippen molar-refractivity contribution >= 4 is 17.0 Å². The van der Waals surface area contributed by atoms with Gasteiger partial charge in [0.1, 0.15) is 30.2 Å². The van der Waals surface area contributed by atoms with Gasteiger partial charge in [-0.2, -0.15) is 0 Å². The lowest BCUT2D eigenvalue weighted by Crippen LogP contribution is -2.42. The average molecular weight is 393 g/mol. The highest BCUT2D eigenvalue weighted by Gasteiger charge is 2.49. The summed E-state index contributed by atoms with van der Waals surface area (Å²) in [5.41, 5.74) is 6.37. The summed E-state index contributed by atoms with van der Waals surface area (Å²) in [5.74, 6) is 0.325. The van der Waals surface area contributed by atoms with Gasteiger partial charge in [-0.25, -0.2) is 15.0 Å². The van der Waals surface area contributed by atoms with Crippen LogP contribution in [-0.4, -0.2) is 62.7 Å². The molecule has 2 N–H and O–H groups in total. The van der Waals surface area contributed by atoms with Crippen LogP contribution in [-0.2, 0) is 18.9 Å². The summed E-state index contributed by atoms with van der Waals surface area (Å²) in [4.78, 5) is 12.7. The highest BCUT2D eigenvalue weighted by molar-refractivity contribution is 5.81. The van der Waals surface area contributed by atoms with Gasteiger partial charge in [0.15, 0.2) is 17.7 Å². The molecule has 0 spiro atoms. The number of hydrogen-bond donors (Lipinski definition) is 1. The molecule has 2 aromatic rings. The minimum atomic E-state index is -0.489. The van der Waals surface area contributed by atoms with E-state index in [0.29, 0.717) is 23.6 Å². The largest absolute Gasteiger partial charge is 0.382 e. The Morgan fingerprint density at radius 2 is 1.79 bits per heavy atom. The van der Waals surface area contributed by atoms with E-state index in [9.17, 15) is 0 Å². The van der Waals surface area contributed by atoms with E-state index in [4.69, 9.17) is 24.7 Å². The average Bonchev–Trinajstić information content (AvgIpc) is 3.13. The molecular formula is C19H31N5O4. The van der Waals surface area contributed by atoms with Gasteiger partial charge in [0.05, 0.1) is 24.1 Å². The summed E-state index contributed by atoms with van der Waals surface area (Å²) in [6.45, 7) is 12.4. The Kier molecular flexibility index (Phi) is 5.64. The smallest absolute Gasteiger partial charge is 0.167 e. The molecule has 3 rings (SSSR count). The lowest BCUT2D eigenvalue weighted by Gasteiger charge is -2.31. The molecule has 1 saturated heterocycles. The minimum Gasteiger partial charge on any atom is -0.382 e. The van der Waals surface area contributed by atoms with Crippen LogP contribution in [0.2, 0.25) is 0 Å². The number of methoxy groups -OCH3 is 1. The summed E-state index contributed by atoms with van der Waals surface area (Å²) >= 11 is 0. The Morgan fingerprint density at radius 3 is 2.39 bits per heavy atom. The van der Waals surface area contributed by atoms with Crippen LogP contribution >= 0.6 is 0 Å². The van der Waals surface area contributed by atoms with E-state index >= 15 is 0 Å². The minimum absolute atomic E-state index is 0.288. The van der Waals surface area contributed by atoms with Gasteiger partial charge in [-0.15, -0.1) is 0 Å². The zero-order valence-corrected chi connectivity index (χ0v) is 17.7. The molecule has 0 aliphatic carbocycles. The second kappa shape index (κ2) is 7.55. The molecule has 1 unspecified atom stereocenters. The molecule has 1 fully saturated rings. The van der Waals surface area contributed by atoms with Crippen molar-refractivity contribution in [2.75, 3.05) is 19.5 Å². The fourth-order valence-electron chi connectivity index (χ4n) is 3.27. The van der Waals surface area contributed by atoms with Gasteiger partial charge in [-0.1, -0.05) is 0 Å². The molecule has 0 bridgehead atoms. The van der Waals surface area contributed by atoms with Crippen molar-refractivity contribution in [3.8, 4) is 0 Å². The Hall–Kier alpha value is -1.81. The highest BCUT2D eigenvalue weighted by Crippen LogP contribution is 2.37. The van der Waals surface area contributed by atoms with Gasteiger partial charge in [0.25, 0.3) is 0 Å². The summed E-state index contributed by atoms with van der Waals surface area (Å²) in [6.07, 6.45) is 1.57. The molecule has 28 heavy (non-hydrogen) atoms. The maximum atomic E-state index is 6.36. The van der Waals surface area contributed by atoms with Crippen molar-refractivity contribution in [1.82, 2.24) is 19.5 Å². The molecule has 0 aromatic carbocycles. The molecule has 3 heterocycles. The second-order valence-electron chi connectivity index (χ2n) is 8.97. The maximum absolute atomic E-state index is 6.36. The predicted octanol–water partition coefficient (Wildman–Crippen LogP) is 2.32. The molecule has 2 aromatic heterocycles. The van der Waals surface area contributed by atoms with Gasteiger partial charge >= 0.3 is 0 Å². The number of rotatable bonds is 5. The molecule has 1 aliphatic heterocycles. The van der Waals surface area contributed by atoms with E-state index in [2.05, 4.69) is 15.0 Å². The van der Waals surface area contributed by atoms with E-state index in [1.807, 2.05) is 46.1 Å². The van der Waals surface area contributed by atoms with Gasteiger partial charge in [0, 0.05) is 7.11 Å². The van der Waals surface area contributed by atoms with Crippen molar-refractivity contribution in [2.45, 2.75) is 77.3 Å². The number of ether oxygens (including phenoxy) is 4. The Labute approximate surface area is 165 Å². The number of nitrogen functional groups attached to an aromatic ring is 1. The van der Waals surface area contributed by atoms with E-state index in [0.717, 1.165) is 0 Å². The number of nitrogens with two attached hydrogens (primary N) is 1. The number of nitrogens with zero attached hydrogens (tertiary/aromatic N) is 4. The SMILES string of the molecule is COC1[C@@H](COC(C)(C)C)O[C@@H](n2cnc3c(N)ncnc32)[C@H]1OC(C)(C)C. The highest BCUT2D eigenvalue weighted by atomic mass is 16.6. The maximum Gasteiger partial charge on any atom is 0.167 e. The van der Waals surface area contributed by atoms with Crippen LogP contribution in [0.1, 0.15) is 47.8 Å². The quantitative estimate of drug-likeness (QED) is 0.825. The van der Waals surface area contributed by atoms with Crippen LogP contribution in [0.25, 0.3) is 11.2 Å². The van der Waals surface area contributed by atoms with E-state index in [1.165, 1.54) is 6.33 Å². The lowest BCUT2D eigenvalue weighted by molar-refractivity contribution is -0.133. The van der Waals surface area contributed by atoms with Gasteiger partial charge in [-0.3, -0.25) is 4.57 Å². The fraction of sp³-hybridized carbons (Fsp3) is 0.737. The fourth-order valence-corrected chi connectivity index (χ4v) is 3.27. The normalized spacial score (nSPS) is 26.2. The van der Waals surface area contributed by atoms with Gasteiger partial charge < -0.3 is 24.7 Å². The number of imidazole rings is 1. The van der Waals surface area contributed by atoms with Crippen molar-refractivity contribution in [3.63, 3.8) is 0 Å². The van der Waals surface area contributed by atoms with E-state index in [1.54, 1.807) is 13.4 Å². The molecule has 9 heteroatoms. The third kappa shape index (κ3) is 4.43. The Morgan fingerprint density at radius 1 is 1.07 bits per heavy atom. The number of anilines is 1. The van der Waals surface area contributed by atoms with Gasteiger partial charge in [0.2, 0.25) is 0 Å². The molecule has 9 nitrogen and oxygen atoms in total. The first kappa shape index (κ1) is 20.9. The van der Waals surface area contributed by atoms with Crippen molar-refractivity contribution in [2.24, 2.45) is 0 Å². The van der Waals surface area contributed by atoms with Crippen molar-refractivity contribution in [3.05, 3.63) is 12.7 Å². The summed E-state index contributed by atoms with van der Waals surface area (Å²) in [5, 5.41) is 0.